The van der Waals surface area contributed by atoms with E-state index in [1.54, 1.807) is 18.2 Å². The number of fused-ring (bicyclic) bond motifs is 1. The Hall–Kier alpha value is -2.84. The summed E-state index contributed by atoms with van der Waals surface area (Å²) in [4.78, 5) is 28.3. The lowest BCUT2D eigenvalue weighted by Crippen LogP contribution is -2.19. The highest BCUT2D eigenvalue weighted by Gasteiger charge is 2.15. The number of amides is 1. The van der Waals surface area contributed by atoms with Crippen molar-refractivity contribution in [2.45, 2.75) is 39.7 Å². The zero-order valence-corrected chi connectivity index (χ0v) is 18.4. The van der Waals surface area contributed by atoms with Gasteiger partial charge in [-0.05, 0) is 36.1 Å². The van der Waals surface area contributed by atoms with Gasteiger partial charge in [-0.25, -0.2) is 0 Å². The average Bonchev–Trinajstić information content (AvgIpc) is 3.04. The smallest absolute Gasteiger partial charge is 0.279 e. The van der Waals surface area contributed by atoms with Crippen molar-refractivity contribution in [2.75, 3.05) is 13.2 Å². The fraction of sp³-hybridized carbons (Fsp3) is 0.364. The highest BCUT2D eigenvalue weighted by atomic mass is 32.1. The number of nitro benzene ring substituents is 1. The molecule has 30 heavy (non-hydrogen) atoms. The molecule has 8 heteroatoms. The second-order valence-electron chi connectivity index (χ2n) is 7.89. The van der Waals surface area contributed by atoms with Crippen LogP contribution in [0.25, 0.3) is 10.2 Å². The minimum Gasteiger partial charge on any atom is -0.380 e. The highest BCUT2D eigenvalue weighted by Crippen LogP contribution is 2.24. The molecule has 3 rings (SSSR count). The molecule has 2 aromatic carbocycles. The maximum atomic E-state index is 12.8. The first-order valence-corrected chi connectivity index (χ1v) is 10.6. The number of rotatable bonds is 6. The van der Waals surface area contributed by atoms with Crippen molar-refractivity contribution < 1.29 is 14.5 Å². The molecule has 158 valence electrons. The summed E-state index contributed by atoms with van der Waals surface area (Å²) in [5.41, 5.74) is 2.44. The minimum absolute atomic E-state index is 0.00120. The van der Waals surface area contributed by atoms with Crippen LogP contribution < -0.4 is 4.80 Å². The molecule has 1 amide bonds. The largest absolute Gasteiger partial charge is 0.380 e. The highest BCUT2D eigenvalue weighted by molar-refractivity contribution is 7.16. The molecule has 0 radical (unpaired) electrons. The topological polar surface area (TPSA) is 86.7 Å². The van der Waals surface area contributed by atoms with Crippen molar-refractivity contribution in [2.24, 2.45) is 4.99 Å². The maximum Gasteiger partial charge on any atom is 0.279 e. The molecule has 7 nitrogen and oxygen atoms in total. The van der Waals surface area contributed by atoms with Crippen LogP contribution in [-0.2, 0) is 16.7 Å². The van der Waals surface area contributed by atoms with Gasteiger partial charge in [-0.2, -0.15) is 4.99 Å². The first-order valence-electron chi connectivity index (χ1n) is 9.76. The zero-order valence-electron chi connectivity index (χ0n) is 17.5. The number of hydrogen-bond donors (Lipinski definition) is 0. The average molecular weight is 428 g/mol. The molecule has 1 aromatic heterocycles. The van der Waals surface area contributed by atoms with Gasteiger partial charge in [0, 0.05) is 30.8 Å². The summed E-state index contributed by atoms with van der Waals surface area (Å²) in [5.74, 6) is -0.346. The van der Waals surface area contributed by atoms with E-state index in [2.05, 4.69) is 25.8 Å². The van der Waals surface area contributed by atoms with Crippen molar-refractivity contribution in [1.29, 1.82) is 0 Å². The number of hydrogen-bond acceptors (Lipinski definition) is 5. The summed E-state index contributed by atoms with van der Waals surface area (Å²) in [6.07, 6.45) is 0. The number of benzene rings is 2. The van der Waals surface area contributed by atoms with Gasteiger partial charge in [0.2, 0.25) is 0 Å². The second kappa shape index (κ2) is 8.89. The van der Waals surface area contributed by atoms with E-state index in [0.29, 0.717) is 34.8 Å². The second-order valence-corrected chi connectivity index (χ2v) is 8.90. The van der Waals surface area contributed by atoms with Crippen molar-refractivity contribution >= 4 is 33.1 Å². The molecule has 0 spiro atoms. The third-order valence-electron chi connectivity index (χ3n) is 4.74. The number of thiazole rings is 1. The van der Waals surface area contributed by atoms with E-state index in [-0.39, 0.29) is 17.0 Å². The van der Waals surface area contributed by atoms with E-state index in [1.807, 2.05) is 23.6 Å². The van der Waals surface area contributed by atoms with Gasteiger partial charge in [-0.15, -0.1) is 0 Å². The van der Waals surface area contributed by atoms with Crippen LogP contribution in [0.5, 0.6) is 0 Å². The first-order chi connectivity index (χ1) is 14.2. The molecule has 0 saturated carbocycles. The van der Waals surface area contributed by atoms with Gasteiger partial charge >= 0.3 is 0 Å². The normalized spacial score (nSPS) is 12.5. The van der Waals surface area contributed by atoms with E-state index < -0.39 is 4.92 Å². The fourth-order valence-corrected chi connectivity index (χ4v) is 4.13. The van der Waals surface area contributed by atoms with Gasteiger partial charge in [0.1, 0.15) is 0 Å². The Bertz CT molecular complexity index is 1140. The SMILES string of the molecule is CCOCCn1c(=NC(=O)c2ccc(C(C)(C)C)cc2)sc2cc([N+](=O)[O-])ccc21. The van der Waals surface area contributed by atoms with Crippen LogP contribution in [0.3, 0.4) is 0 Å². The first kappa shape index (κ1) is 21.9. The lowest BCUT2D eigenvalue weighted by molar-refractivity contribution is -0.384. The Morgan fingerprint density at radius 2 is 1.90 bits per heavy atom. The molecule has 0 saturated heterocycles. The van der Waals surface area contributed by atoms with Crippen LogP contribution in [0, 0.1) is 10.1 Å². The van der Waals surface area contributed by atoms with Gasteiger partial charge in [-0.1, -0.05) is 44.2 Å². The summed E-state index contributed by atoms with van der Waals surface area (Å²) < 4.78 is 8.04. The van der Waals surface area contributed by atoms with Crippen molar-refractivity contribution in [3.63, 3.8) is 0 Å². The lowest BCUT2D eigenvalue weighted by atomic mass is 9.87. The predicted molar refractivity (Wildman–Crippen MR) is 118 cm³/mol. The molecular weight excluding hydrogens is 402 g/mol. The third-order valence-corrected chi connectivity index (χ3v) is 5.78. The predicted octanol–water partition coefficient (Wildman–Crippen LogP) is 4.69. The van der Waals surface area contributed by atoms with Crippen LogP contribution in [0.15, 0.2) is 47.5 Å². The Morgan fingerprint density at radius 1 is 1.20 bits per heavy atom. The zero-order chi connectivity index (χ0) is 21.9. The summed E-state index contributed by atoms with van der Waals surface area (Å²) in [7, 11) is 0. The van der Waals surface area contributed by atoms with Crippen molar-refractivity contribution in [1.82, 2.24) is 4.57 Å². The monoisotopic (exact) mass is 427 g/mol. The quantitative estimate of drug-likeness (QED) is 0.324. The molecule has 3 aromatic rings. The van der Waals surface area contributed by atoms with Gasteiger partial charge < -0.3 is 9.30 Å². The molecule has 0 aliphatic heterocycles. The Morgan fingerprint density at radius 3 is 2.50 bits per heavy atom. The maximum absolute atomic E-state index is 12.8. The number of nitrogens with zero attached hydrogens (tertiary/aromatic N) is 3. The number of ether oxygens (including phenoxy) is 1. The standard InChI is InChI=1S/C22H25N3O4S/c1-5-29-13-12-24-18-11-10-17(25(27)28)14-19(18)30-21(24)23-20(26)15-6-8-16(9-7-15)22(2,3)4/h6-11,14H,5,12-13H2,1-4H3. The van der Waals surface area contributed by atoms with E-state index in [1.165, 1.54) is 23.5 Å². The molecule has 0 unspecified atom stereocenters. The number of carbonyl (C=O) groups is 1. The van der Waals surface area contributed by atoms with Gasteiger partial charge in [0.05, 0.1) is 21.7 Å². The van der Waals surface area contributed by atoms with Crippen LogP contribution >= 0.6 is 11.3 Å². The summed E-state index contributed by atoms with van der Waals surface area (Å²) >= 11 is 1.26. The van der Waals surface area contributed by atoms with E-state index in [9.17, 15) is 14.9 Å². The fourth-order valence-electron chi connectivity index (χ4n) is 3.04. The number of aromatic nitrogens is 1. The summed E-state index contributed by atoms with van der Waals surface area (Å²) in [6.45, 7) is 9.81. The molecule has 0 aliphatic rings. The lowest BCUT2D eigenvalue weighted by Gasteiger charge is -2.18. The van der Waals surface area contributed by atoms with Crippen LogP contribution in [0.4, 0.5) is 5.69 Å². The molecular formula is C22H25N3O4S. The van der Waals surface area contributed by atoms with E-state index in [0.717, 1.165) is 11.1 Å². The van der Waals surface area contributed by atoms with Crippen molar-refractivity contribution in [3.05, 3.63) is 68.5 Å². The van der Waals surface area contributed by atoms with Crippen LogP contribution in [-0.4, -0.2) is 28.6 Å². The number of non-ortho nitro benzene ring substituents is 1. The van der Waals surface area contributed by atoms with Crippen molar-refractivity contribution in [3.8, 4) is 0 Å². The van der Waals surface area contributed by atoms with Gasteiger partial charge in [0.15, 0.2) is 4.80 Å². The van der Waals surface area contributed by atoms with E-state index in [4.69, 9.17) is 4.74 Å². The third kappa shape index (κ3) is 4.83. The van der Waals surface area contributed by atoms with E-state index >= 15 is 0 Å². The summed E-state index contributed by atoms with van der Waals surface area (Å²) in [6, 6.07) is 12.1. The molecule has 0 N–H and O–H groups in total. The molecule has 0 atom stereocenters. The summed E-state index contributed by atoms with van der Waals surface area (Å²) in [5, 5.41) is 11.1. The van der Waals surface area contributed by atoms with Gasteiger partial charge in [-0.3, -0.25) is 14.9 Å². The molecule has 1 heterocycles. The molecule has 0 fully saturated rings. The molecule has 0 aliphatic carbocycles. The van der Waals surface area contributed by atoms with Crippen LogP contribution in [0.1, 0.15) is 43.6 Å². The van der Waals surface area contributed by atoms with Crippen LogP contribution in [0.2, 0.25) is 0 Å². The minimum atomic E-state index is -0.428. The Balaban J connectivity index is 2.03. The number of carbonyl (C=O) groups excluding carboxylic acids is 1. The molecule has 0 bridgehead atoms. The Labute approximate surface area is 178 Å². The van der Waals surface area contributed by atoms with Gasteiger partial charge in [0.25, 0.3) is 11.6 Å². The number of nitro groups is 1. The Kier molecular flexibility index (Phi) is 6.48.